The molecule has 0 heterocycles. The summed E-state index contributed by atoms with van der Waals surface area (Å²) >= 11 is 3.52. The quantitative estimate of drug-likeness (QED) is 0.867. The Balaban J connectivity index is 2.40. The summed E-state index contributed by atoms with van der Waals surface area (Å²) in [6.07, 6.45) is -0.693. The number of aryl methyl sites for hydroxylation is 1. The smallest absolute Gasteiger partial charge is 0.122 e. The van der Waals surface area contributed by atoms with Crippen LogP contribution in [0.25, 0.3) is 0 Å². The van der Waals surface area contributed by atoms with Gasteiger partial charge in [-0.15, -0.1) is 0 Å². The Morgan fingerprint density at radius 2 is 1.90 bits per heavy atom. The van der Waals surface area contributed by atoms with Crippen molar-refractivity contribution in [3.05, 3.63) is 63.6 Å². The minimum Gasteiger partial charge on any atom is -0.496 e. The van der Waals surface area contributed by atoms with Crippen LogP contribution in [0.2, 0.25) is 0 Å². The SMILES string of the molecule is COc1ccccc1C(CN)C(O)c1ccc(C)cc1Br. The van der Waals surface area contributed by atoms with Gasteiger partial charge < -0.3 is 15.6 Å². The second kappa shape index (κ2) is 7.07. The van der Waals surface area contributed by atoms with Crippen LogP contribution >= 0.6 is 15.9 Å². The lowest BCUT2D eigenvalue weighted by Crippen LogP contribution is -2.21. The van der Waals surface area contributed by atoms with Gasteiger partial charge in [0.25, 0.3) is 0 Å². The second-order valence-corrected chi connectivity index (χ2v) is 5.91. The van der Waals surface area contributed by atoms with Gasteiger partial charge in [0.1, 0.15) is 5.75 Å². The standard InChI is InChI=1S/C17H20BrNO2/c1-11-7-8-13(15(18)9-11)17(20)14(10-19)12-5-3-4-6-16(12)21-2/h3-9,14,17,20H,10,19H2,1-2H3. The molecule has 0 bridgehead atoms. The van der Waals surface area contributed by atoms with Crippen molar-refractivity contribution in [3.8, 4) is 5.75 Å². The van der Waals surface area contributed by atoms with Crippen molar-refractivity contribution in [1.82, 2.24) is 0 Å². The minimum absolute atomic E-state index is 0.222. The fourth-order valence-corrected chi connectivity index (χ4v) is 3.22. The molecule has 0 aliphatic carbocycles. The fraction of sp³-hybridized carbons (Fsp3) is 0.294. The van der Waals surface area contributed by atoms with E-state index in [2.05, 4.69) is 15.9 Å². The summed E-state index contributed by atoms with van der Waals surface area (Å²) < 4.78 is 6.28. The highest BCUT2D eigenvalue weighted by Crippen LogP contribution is 2.37. The molecule has 0 aliphatic rings. The van der Waals surface area contributed by atoms with E-state index >= 15 is 0 Å². The largest absolute Gasteiger partial charge is 0.496 e. The maximum atomic E-state index is 10.8. The number of aliphatic hydroxyl groups excluding tert-OH is 1. The van der Waals surface area contributed by atoms with E-state index in [1.807, 2.05) is 49.4 Å². The van der Waals surface area contributed by atoms with Crippen LogP contribution in [0.3, 0.4) is 0 Å². The fourth-order valence-electron chi connectivity index (χ4n) is 2.49. The summed E-state index contributed by atoms with van der Waals surface area (Å²) in [6, 6.07) is 13.6. The van der Waals surface area contributed by atoms with Gasteiger partial charge in [-0.05, 0) is 30.2 Å². The summed E-state index contributed by atoms with van der Waals surface area (Å²) in [5, 5.41) is 10.8. The maximum Gasteiger partial charge on any atom is 0.122 e. The van der Waals surface area contributed by atoms with Crippen LogP contribution < -0.4 is 10.5 Å². The third-order valence-corrected chi connectivity index (χ3v) is 4.33. The van der Waals surface area contributed by atoms with Crippen molar-refractivity contribution >= 4 is 15.9 Å². The van der Waals surface area contributed by atoms with Gasteiger partial charge in [-0.25, -0.2) is 0 Å². The van der Waals surface area contributed by atoms with E-state index < -0.39 is 6.10 Å². The van der Waals surface area contributed by atoms with Crippen LogP contribution in [0.5, 0.6) is 5.75 Å². The highest BCUT2D eigenvalue weighted by atomic mass is 79.9. The molecule has 0 spiro atoms. The van der Waals surface area contributed by atoms with Crippen molar-refractivity contribution in [2.75, 3.05) is 13.7 Å². The van der Waals surface area contributed by atoms with Gasteiger partial charge in [-0.3, -0.25) is 0 Å². The Hall–Kier alpha value is -1.36. The summed E-state index contributed by atoms with van der Waals surface area (Å²) in [5.74, 6) is 0.524. The number of nitrogens with two attached hydrogens (primary N) is 1. The van der Waals surface area contributed by atoms with E-state index in [1.165, 1.54) is 0 Å². The van der Waals surface area contributed by atoms with Gasteiger partial charge in [-0.1, -0.05) is 46.3 Å². The first-order chi connectivity index (χ1) is 10.1. The predicted molar refractivity (Wildman–Crippen MR) is 88.6 cm³/mol. The van der Waals surface area contributed by atoms with Crippen LogP contribution in [0, 0.1) is 6.92 Å². The van der Waals surface area contributed by atoms with Crippen molar-refractivity contribution in [2.45, 2.75) is 18.9 Å². The monoisotopic (exact) mass is 349 g/mol. The number of rotatable bonds is 5. The van der Waals surface area contributed by atoms with Gasteiger partial charge in [0.2, 0.25) is 0 Å². The predicted octanol–water partition coefficient (Wildman–Crippen LogP) is 3.54. The number of methoxy groups -OCH3 is 1. The van der Waals surface area contributed by atoms with Crippen molar-refractivity contribution in [1.29, 1.82) is 0 Å². The number of hydrogen-bond donors (Lipinski definition) is 2. The summed E-state index contributed by atoms with van der Waals surface area (Å²) in [5.41, 5.74) is 8.81. The van der Waals surface area contributed by atoms with Crippen LogP contribution in [-0.4, -0.2) is 18.8 Å². The zero-order chi connectivity index (χ0) is 15.4. The van der Waals surface area contributed by atoms with E-state index in [1.54, 1.807) is 7.11 Å². The minimum atomic E-state index is -0.693. The zero-order valence-electron chi connectivity index (χ0n) is 12.2. The third-order valence-electron chi connectivity index (χ3n) is 3.65. The van der Waals surface area contributed by atoms with Gasteiger partial charge in [-0.2, -0.15) is 0 Å². The highest BCUT2D eigenvalue weighted by molar-refractivity contribution is 9.10. The van der Waals surface area contributed by atoms with E-state index in [9.17, 15) is 5.11 Å². The molecule has 3 nitrogen and oxygen atoms in total. The molecule has 0 radical (unpaired) electrons. The van der Waals surface area contributed by atoms with Crippen molar-refractivity contribution in [3.63, 3.8) is 0 Å². The second-order valence-electron chi connectivity index (χ2n) is 5.05. The number of para-hydroxylation sites is 1. The molecule has 2 rings (SSSR count). The van der Waals surface area contributed by atoms with E-state index in [0.29, 0.717) is 6.54 Å². The number of halogens is 1. The summed E-state index contributed by atoms with van der Waals surface area (Å²) in [6.45, 7) is 2.35. The van der Waals surface area contributed by atoms with Crippen LogP contribution in [0.15, 0.2) is 46.9 Å². The lowest BCUT2D eigenvalue weighted by molar-refractivity contribution is 0.145. The third kappa shape index (κ3) is 3.46. The summed E-state index contributed by atoms with van der Waals surface area (Å²) in [4.78, 5) is 0. The molecule has 0 fully saturated rings. The molecule has 0 saturated heterocycles. The molecule has 2 aromatic rings. The zero-order valence-corrected chi connectivity index (χ0v) is 13.8. The average molecular weight is 350 g/mol. The van der Waals surface area contributed by atoms with Crippen LogP contribution in [0.4, 0.5) is 0 Å². The molecule has 21 heavy (non-hydrogen) atoms. The van der Waals surface area contributed by atoms with E-state index in [4.69, 9.17) is 10.5 Å². The van der Waals surface area contributed by atoms with Crippen molar-refractivity contribution in [2.24, 2.45) is 5.73 Å². The molecule has 0 saturated carbocycles. The van der Waals surface area contributed by atoms with Crippen LogP contribution in [0.1, 0.15) is 28.7 Å². The van der Waals surface area contributed by atoms with Gasteiger partial charge in [0.15, 0.2) is 0 Å². The van der Waals surface area contributed by atoms with Gasteiger partial charge in [0.05, 0.1) is 13.2 Å². The first kappa shape index (κ1) is 16.0. The Bertz CT molecular complexity index is 615. The number of aliphatic hydroxyl groups is 1. The van der Waals surface area contributed by atoms with Crippen LogP contribution in [-0.2, 0) is 0 Å². The lowest BCUT2D eigenvalue weighted by atomic mass is 9.88. The summed E-state index contributed by atoms with van der Waals surface area (Å²) in [7, 11) is 1.63. The first-order valence-electron chi connectivity index (χ1n) is 6.85. The molecule has 3 N–H and O–H groups in total. The van der Waals surface area contributed by atoms with Gasteiger partial charge in [0, 0.05) is 22.5 Å². The molecule has 0 amide bonds. The molecule has 2 atom stereocenters. The Kier molecular flexibility index (Phi) is 5.39. The number of ether oxygens (including phenoxy) is 1. The van der Waals surface area contributed by atoms with E-state index in [-0.39, 0.29) is 5.92 Å². The average Bonchev–Trinajstić information content (AvgIpc) is 2.48. The maximum absolute atomic E-state index is 10.8. The molecule has 4 heteroatoms. The lowest BCUT2D eigenvalue weighted by Gasteiger charge is -2.25. The molecule has 2 aromatic carbocycles. The Morgan fingerprint density at radius 1 is 1.19 bits per heavy atom. The van der Waals surface area contributed by atoms with Crippen molar-refractivity contribution < 1.29 is 9.84 Å². The normalized spacial score (nSPS) is 13.8. The van der Waals surface area contributed by atoms with E-state index in [0.717, 1.165) is 26.9 Å². The molecule has 112 valence electrons. The topological polar surface area (TPSA) is 55.5 Å². The molecule has 0 aromatic heterocycles. The van der Waals surface area contributed by atoms with Gasteiger partial charge >= 0.3 is 0 Å². The number of benzene rings is 2. The molecule has 0 aliphatic heterocycles. The highest BCUT2D eigenvalue weighted by Gasteiger charge is 2.25. The number of hydrogen-bond acceptors (Lipinski definition) is 3. The molecular formula is C17H20BrNO2. The Morgan fingerprint density at radius 3 is 2.52 bits per heavy atom. The Labute approximate surface area is 133 Å². The molecule has 2 unspecified atom stereocenters. The first-order valence-corrected chi connectivity index (χ1v) is 7.65. The molecular weight excluding hydrogens is 330 g/mol.